The van der Waals surface area contributed by atoms with Crippen LogP contribution in [-0.2, 0) is 0 Å². The van der Waals surface area contributed by atoms with Gasteiger partial charge in [-0.2, -0.15) is 0 Å². The van der Waals surface area contributed by atoms with E-state index in [1.807, 2.05) is 43.3 Å². The van der Waals surface area contributed by atoms with Crippen molar-refractivity contribution in [2.45, 2.75) is 38.7 Å². The van der Waals surface area contributed by atoms with Crippen LogP contribution in [0.1, 0.15) is 32.6 Å². The standard InChI is InChI=1S/C21H22N2O3/c1-2-25-19-13-14(11-12-18(19)26-15-7-3-4-8-15)20-22-17-10-6-5-9-16(17)21(24)23-20/h5-6,9-13,15H,2-4,7-8H2,1H3,(H,22,23,24). The number of ether oxygens (including phenoxy) is 2. The van der Waals surface area contributed by atoms with E-state index in [1.54, 1.807) is 6.07 Å². The Bertz CT molecular complexity index is 974. The van der Waals surface area contributed by atoms with Crippen molar-refractivity contribution in [2.24, 2.45) is 0 Å². The van der Waals surface area contributed by atoms with Crippen LogP contribution in [-0.4, -0.2) is 22.7 Å². The Morgan fingerprint density at radius 1 is 1.12 bits per heavy atom. The normalized spacial score (nSPS) is 14.7. The lowest BCUT2D eigenvalue weighted by atomic mass is 10.1. The molecule has 0 aliphatic heterocycles. The van der Waals surface area contributed by atoms with Gasteiger partial charge in [-0.3, -0.25) is 4.79 Å². The van der Waals surface area contributed by atoms with Gasteiger partial charge < -0.3 is 14.5 Å². The SMILES string of the molecule is CCOc1cc(-c2nc3ccccc3c(=O)[nH]2)ccc1OC1CCCC1. The number of aromatic amines is 1. The minimum absolute atomic E-state index is 0.144. The van der Waals surface area contributed by atoms with Crippen molar-refractivity contribution in [1.29, 1.82) is 0 Å². The van der Waals surface area contributed by atoms with Crippen LogP contribution in [0.4, 0.5) is 0 Å². The highest BCUT2D eigenvalue weighted by Gasteiger charge is 2.19. The molecule has 1 aliphatic carbocycles. The van der Waals surface area contributed by atoms with Gasteiger partial charge in [0.05, 0.1) is 23.6 Å². The quantitative estimate of drug-likeness (QED) is 0.745. The number of benzene rings is 2. The molecule has 5 heteroatoms. The van der Waals surface area contributed by atoms with Crippen LogP contribution in [0.2, 0.25) is 0 Å². The number of H-pyrrole nitrogens is 1. The van der Waals surface area contributed by atoms with Crippen molar-refractivity contribution in [3.63, 3.8) is 0 Å². The Kier molecular flexibility index (Phi) is 4.61. The van der Waals surface area contributed by atoms with Crippen LogP contribution in [0.25, 0.3) is 22.3 Å². The summed E-state index contributed by atoms with van der Waals surface area (Å²) in [4.78, 5) is 19.8. The number of para-hydroxylation sites is 1. The maximum absolute atomic E-state index is 12.3. The summed E-state index contributed by atoms with van der Waals surface area (Å²) in [5.41, 5.74) is 1.33. The number of rotatable bonds is 5. The Balaban J connectivity index is 1.72. The van der Waals surface area contributed by atoms with Gasteiger partial charge in [0.1, 0.15) is 5.82 Å². The Hall–Kier alpha value is -2.82. The zero-order chi connectivity index (χ0) is 17.9. The topological polar surface area (TPSA) is 64.2 Å². The molecule has 134 valence electrons. The van der Waals surface area contributed by atoms with E-state index in [0.29, 0.717) is 29.1 Å². The molecule has 2 aromatic carbocycles. The molecule has 1 heterocycles. The predicted molar refractivity (Wildman–Crippen MR) is 102 cm³/mol. The zero-order valence-corrected chi connectivity index (χ0v) is 14.8. The number of hydrogen-bond donors (Lipinski definition) is 1. The molecule has 0 saturated heterocycles. The Morgan fingerprint density at radius 2 is 1.92 bits per heavy atom. The van der Waals surface area contributed by atoms with Gasteiger partial charge in [-0.05, 0) is 62.9 Å². The predicted octanol–water partition coefficient (Wildman–Crippen LogP) is 4.31. The molecule has 0 radical (unpaired) electrons. The van der Waals surface area contributed by atoms with Gasteiger partial charge in [0.25, 0.3) is 5.56 Å². The summed E-state index contributed by atoms with van der Waals surface area (Å²) in [7, 11) is 0. The third-order valence-electron chi connectivity index (χ3n) is 4.73. The minimum atomic E-state index is -0.144. The lowest BCUT2D eigenvalue weighted by Crippen LogP contribution is -2.12. The van der Waals surface area contributed by atoms with Crippen LogP contribution in [0.5, 0.6) is 11.5 Å². The zero-order valence-electron chi connectivity index (χ0n) is 14.8. The van der Waals surface area contributed by atoms with Crippen molar-refractivity contribution in [3.8, 4) is 22.9 Å². The largest absolute Gasteiger partial charge is 0.490 e. The monoisotopic (exact) mass is 350 g/mol. The minimum Gasteiger partial charge on any atom is -0.490 e. The van der Waals surface area contributed by atoms with E-state index in [1.165, 1.54) is 12.8 Å². The van der Waals surface area contributed by atoms with Crippen molar-refractivity contribution >= 4 is 10.9 Å². The fourth-order valence-electron chi connectivity index (χ4n) is 3.43. The third kappa shape index (κ3) is 3.29. The summed E-state index contributed by atoms with van der Waals surface area (Å²) in [5, 5.41) is 0.586. The molecule has 1 N–H and O–H groups in total. The van der Waals surface area contributed by atoms with Gasteiger partial charge in [0.15, 0.2) is 11.5 Å². The second kappa shape index (κ2) is 7.20. The number of nitrogens with zero attached hydrogens (tertiary/aromatic N) is 1. The summed E-state index contributed by atoms with van der Waals surface area (Å²) >= 11 is 0. The highest BCUT2D eigenvalue weighted by atomic mass is 16.5. The van der Waals surface area contributed by atoms with E-state index in [9.17, 15) is 4.79 Å². The summed E-state index contributed by atoms with van der Waals surface area (Å²) in [5.74, 6) is 1.97. The van der Waals surface area contributed by atoms with E-state index in [4.69, 9.17) is 9.47 Å². The van der Waals surface area contributed by atoms with Crippen molar-refractivity contribution in [2.75, 3.05) is 6.61 Å². The van der Waals surface area contributed by atoms with E-state index in [-0.39, 0.29) is 11.7 Å². The molecule has 0 bridgehead atoms. The smallest absolute Gasteiger partial charge is 0.259 e. The van der Waals surface area contributed by atoms with Gasteiger partial charge >= 0.3 is 0 Å². The van der Waals surface area contributed by atoms with Crippen molar-refractivity contribution in [3.05, 3.63) is 52.8 Å². The van der Waals surface area contributed by atoms with Gasteiger partial charge in [-0.1, -0.05) is 12.1 Å². The first-order chi connectivity index (χ1) is 12.7. The molecule has 0 amide bonds. The van der Waals surface area contributed by atoms with Gasteiger partial charge in [0.2, 0.25) is 0 Å². The van der Waals surface area contributed by atoms with E-state index in [2.05, 4.69) is 9.97 Å². The number of nitrogens with one attached hydrogen (secondary N) is 1. The van der Waals surface area contributed by atoms with E-state index in [0.717, 1.165) is 24.2 Å². The maximum atomic E-state index is 12.3. The van der Waals surface area contributed by atoms with Crippen LogP contribution in [0, 0.1) is 0 Å². The lowest BCUT2D eigenvalue weighted by molar-refractivity contribution is 0.197. The first kappa shape index (κ1) is 16.6. The molecule has 0 unspecified atom stereocenters. The second-order valence-electron chi connectivity index (χ2n) is 6.55. The molecule has 26 heavy (non-hydrogen) atoms. The van der Waals surface area contributed by atoms with E-state index < -0.39 is 0 Å². The van der Waals surface area contributed by atoms with Gasteiger partial charge in [-0.15, -0.1) is 0 Å². The maximum Gasteiger partial charge on any atom is 0.259 e. The summed E-state index contributed by atoms with van der Waals surface area (Å²) < 4.78 is 11.9. The van der Waals surface area contributed by atoms with Gasteiger partial charge in [0, 0.05) is 5.56 Å². The molecular formula is C21H22N2O3. The highest BCUT2D eigenvalue weighted by molar-refractivity contribution is 5.79. The molecule has 0 atom stereocenters. The summed E-state index contributed by atoms with van der Waals surface area (Å²) in [6.07, 6.45) is 4.88. The Morgan fingerprint density at radius 3 is 2.73 bits per heavy atom. The van der Waals surface area contributed by atoms with Crippen LogP contribution in [0.15, 0.2) is 47.3 Å². The molecule has 1 saturated carbocycles. The summed E-state index contributed by atoms with van der Waals surface area (Å²) in [6.45, 7) is 2.49. The third-order valence-corrected chi connectivity index (χ3v) is 4.73. The van der Waals surface area contributed by atoms with Crippen molar-refractivity contribution in [1.82, 2.24) is 9.97 Å². The molecule has 0 spiro atoms. The lowest BCUT2D eigenvalue weighted by Gasteiger charge is -2.17. The van der Waals surface area contributed by atoms with Crippen LogP contribution >= 0.6 is 0 Å². The average molecular weight is 350 g/mol. The fourth-order valence-corrected chi connectivity index (χ4v) is 3.43. The number of hydrogen-bond acceptors (Lipinski definition) is 4. The first-order valence-electron chi connectivity index (χ1n) is 9.17. The molecule has 1 aromatic heterocycles. The first-order valence-corrected chi connectivity index (χ1v) is 9.17. The van der Waals surface area contributed by atoms with Crippen molar-refractivity contribution < 1.29 is 9.47 Å². The van der Waals surface area contributed by atoms with E-state index >= 15 is 0 Å². The Labute approximate surface area is 152 Å². The molecule has 3 aromatic rings. The average Bonchev–Trinajstić information content (AvgIpc) is 3.16. The second-order valence-corrected chi connectivity index (χ2v) is 6.55. The number of fused-ring (bicyclic) bond motifs is 1. The molecule has 5 nitrogen and oxygen atoms in total. The van der Waals surface area contributed by atoms with Crippen LogP contribution < -0.4 is 15.0 Å². The highest BCUT2D eigenvalue weighted by Crippen LogP contribution is 2.34. The molecule has 4 rings (SSSR count). The number of aromatic nitrogens is 2. The fraction of sp³-hybridized carbons (Fsp3) is 0.333. The van der Waals surface area contributed by atoms with Crippen LogP contribution in [0.3, 0.4) is 0 Å². The molecule has 1 fully saturated rings. The molecular weight excluding hydrogens is 328 g/mol. The van der Waals surface area contributed by atoms with Gasteiger partial charge in [-0.25, -0.2) is 4.98 Å². The summed E-state index contributed by atoms with van der Waals surface area (Å²) in [6, 6.07) is 13.0. The molecule has 1 aliphatic rings.